The van der Waals surface area contributed by atoms with E-state index in [1.54, 1.807) is 45.0 Å². The normalized spacial score (nSPS) is 11.8. The zero-order valence-electron chi connectivity index (χ0n) is 11.5. The van der Waals surface area contributed by atoms with Gasteiger partial charge in [0.2, 0.25) is 0 Å². The number of ether oxygens (including phenoxy) is 2. The van der Waals surface area contributed by atoms with Crippen LogP contribution in [0.4, 0.5) is 5.69 Å². The van der Waals surface area contributed by atoms with Crippen molar-refractivity contribution in [1.82, 2.24) is 4.98 Å². The largest absolute Gasteiger partial charge is 0.496 e. The van der Waals surface area contributed by atoms with Crippen LogP contribution in [0, 0.1) is 0 Å². The van der Waals surface area contributed by atoms with Crippen LogP contribution in [0.5, 0.6) is 11.5 Å². The van der Waals surface area contributed by atoms with E-state index < -0.39 is 11.0 Å². The summed E-state index contributed by atoms with van der Waals surface area (Å²) < 4.78 is 24.8. The second kappa shape index (κ2) is 6.38. The van der Waals surface area contributed by atoms with Gasteiger partial charge >= 0.3 is 0 Å². The molecule has 2 aromatic rings. The molecule has 1 N–H and O–H groups in total. The van der Waals surface area contributed by atoms with Crippen LogP contribution in [-0.2, 0) is 11.0 Å². The summed E-state index contributed by atoms with van der Waals surface area (Å²) in [4.78, 5) is 4.12. The summed E-state index contributed by atoms with van der Waals surface area (Å²) in [5.74, 6) is 1.38. The third-order valence-corrected chi connectivity index (χ3v) is 3.28. The number of nitrogens with one attached hydrogen (secondary N) is 1. The van der Waals surface area contributed by atoms with Gasteiger partial charge in [0.1, 0.15) is 22.5 Å². The molecule has 1 heterocycles. The van der Waals surface area contributed by atoms with Crippen molar-refractivity contribution in [3.63, 3.8) is 0 Å². The lowest BCUT2D eigenvalue weighted by Crippen LogP contribution is -2.01. The van der Waals surface area contributed by atoms with E-state index in [9.17, 15) is 4.21 Å². The first-order valence-electron chi connectivity index (χ1n) is 5.92. The fourth-order valence-electron chi connectivity index (χ4n) is 1.91. The predicted octanol–water partition coefficient (Wildman–Crippen LogP) is 2.47. The van der Waals surface area contributed by atoms with Crippen molar-refractivity contribution in [2.45, 2.75) is 0 Å². The van der Waals surface area contributed by atoms with Crippen molar-refractivity contribution in [2.75, 3.05) is 25.2 Å². The summed E-state index contributed by atoms with van der Waals surface area (Å²) >= 11 is 0. The van der Waals surface area contributed by atoms with Gasteiger partial charge in [-0.15, -0.1) is 0 Å². The van der Waals surface area contributed by atoms with Crippen LogP contribution in [0.25, 0.3) is 11.1 Å². The van der Waals surface area contributed by atoms with E-state index >= 15 is 0 Å². The van der Waals surface area contributed by atoms with Gasteiger partial charge < -0.3 is 14.2 Å². The molecule has 0 bridgehead atoms. The highest BCUT2D eigenvalue weighted by Crippen LogP contribution is 2.37. The highest BCUT2D eigenvalue weighted by Gasteiger charge is 2.12. The van der Waals surface area contributed by atoms with Gasteiger partial charge in [-0.05, 0) is 18.2 Å². The minimum atomic E-state index is -1.13. The maximum atomic E-state index is 11.2. The number of methoxy groups -OCH3 is 2. The molecule has 0 fully saturated rings. The zero-order valence-corrected chi connectivity index (χ0v) is 12.4. The van der Waals surface area contributed by atoms with Crippen LogP contribution in [0.15, 0.2) is 36.7 Å². The Morgan fingerprint density at radius 1 is 1.10 bits per heavy atom. The van der Waals surface area contributed by atoms with Crippen LogP contribution in [0.3, 0.4) is 0 Å². The van der Waals surface area contributed by atoms with Crippen molar-refractivity contribution >= 4 is 16.7 Å². The van der Waals surface area contributed by atoms with E-state index in [0.717, 1.165) is 22.6 Å². The molecule has 5 nitrogen and oxygen atoms in total. The van der Waals surface area contributed by atoms with E-state index in [1.165, 1.54) is 0 Å². The van der Waals surface area contributed by atoms with E-state index in [1.807, 2.05) is 12.1 Å². The Morgan fingerprint density at radius 3 is 2.50 bits per heavy atom. The summed E-state index contributed by atoms with van der Waals surface area (Å²) in [6.07, 6.45) is 4.97. The number of rotatable bonds is 5. The third-order valence-electron chi connectivity index (χ3n) is 2.75. The lowest BCUT2D eigenvalue weighted by molar-refractivity contribution is 0.410. The molecule has 0 saturated heterocycles. The molecule has 0 aliphatic heterocycles. The van der Waals surface area contributed by atoms with Gasteiger partial charge in [-0.1, -0.05) is 0 Å². The molecule has 0 amide bonds. The smallest absolute Gasteiger partial charge is 0.129 e. The predicted molar refractivity (Wildman–Crippen MR) is 80.5 cm³/mol. The van der Waals surface area contributed by atoms with Crippen LogP contribution < -0.4 is 14.2 Å². The van der Waals surface area contributed by atoms with Crippen molar-refractivity contribution in [3.05, 3.63) is 36.7 Å². The molecule has 1 unspecified atom stereocenters. The molecule has 20 heavy (non-hydrogen) atoms. The van der Waals surface area contributed by atoms with Crippen LogP contribution in [0.1, 0.15) is 0 Å². The Kier molecular flexibility index (Phi) is 4.57. The summed E-state index contributed by atoms with van der Waals surface area (Å²) in [6, 6.07) is 7.31. The Balaban J connectivity index is 2.48. The van der Waals surface area contributed by atoms with Gasteiger partial charge in [-0.2, -0.15) is 0 Å². The van der Waals surface area contributed by atoms with Crippen molar-refractivity contribution < 1.29 is 13.7 Å². The summed E-state index contributed by atoms with van der Waals surface area (Å²) in [7, 11) is 2.08. The van der Waals surface area contributed by atoms with Crippen molar-refractivity contribution in [1.29, 1.82) is 0 Å². The fourth-order valence-corrected chi connectivity index (χ4v) is 2.36. The van der Waals surface area contributed by atoms with Crippen LogP contribution in [-0.4, -0.2) is 29.7 Å². The minimum absolute atomic E-state index is 0.659. The van der Waals surface area contributed by atoms with Gasteiger partial charge in [0, 0.05) is 41.5 Å². The molecular weight excluding hydrogens is 276 g/mol. The molecule has 1 aromatic heterocycles. The first-order valence-corrected chi connectivity index (χ1v) is 7.48. The summed E-state index contributed by atoms with van der Waals surface area (Å²) in [5.41, 5.74) is 2.44. The van der Waals surface area contributed by atoms with Gasteiger partial charge in [0.15, 0.2) is 0 Å². The summed E-state index contributed by atoms with van der Waals surface area (Å²) in [6.45, 7) is 0. The van der Waals surface area contributed by atoms with E-state index in [2.05, 4.69) is 9.71 Å². The van der Waals surface area contributed by atoms with Gasteiger partial charge in [0.25, 0.3) is 0 Å². The Morgan fingerprint density at radius 2 is 1.85 bits per heavy atom. The molecule has 2 rings (SSSR count). The number of nitrogens with zero attached hydrogens (tertiary/aromatic N) is 1. The van der Waals surface area contributed by atoms with Gasteiger partial charge in [-0.3, -0.25) is 4.98 Å². The average molecular weight is 292 g/mol. The second-order valence-corrected chi connectivity index (χ2v) is 5.16. The standard InChI is InChI=1S/C14H16N2O3S/c1-18-13-6-7-15-9-12(13)11-5-4-10(16-20(3)17)8-14(11)19-2/h4-9,16H,1-3H3. The maximum absolute atomic E-state index is 11.2. The molecule has 106 valence electrons. The first kappa shape index (κ1) is 14.3. The third kappa shape index (κ3) is 3.08. The number of hydrogen-bond acceptors (Lipinski definition) is 4. The molecule has 6 heteroatoms. The molecule has 0 radical (unpaired) electrons. The number of anilines is 1. The Hall–Kier alpha value is -2.08. The lowest BCUT2D eigenvalue weighted by atomic mass is 10.1. The Labute approximate surface area is 120 Å². The van der Waals surface area contributed by atoms with Gasteiger partial charge in [0.05, 0.1) is 14.2 Å². The van der Waals surface area contributed by atoms with Crippen molar-refractivity contribution in [2.24, 2.45) is 0 Å². The lowest BCUT2D eigenvalue weighted by Gasteiger charge is -2.13. The number of pyridine rings is 1. The molecule has 1 atom stereocenters. The van der Waals surface area contributed by atoms with Crippen LogP contribution in [0.2, 0.25) is 0 Å². The van der Waals surface area contributed by atoms with E-state index in [4.69, 9.17) is 9.47 Å². The monoisotopic (exact) mass is 292 g/mol. The second-order valence-electron chi connectivity index (χ2n) is 4.05. The number of hydrogen-bond donors (Lipinski definition) is 1. The molecule has 0 aliphatic rings. The quantitative estimate of drug-likeness (QED) is 0.919. The summed E-state index contributed by atoms with van der Waals surface area (Å²) in [5, 5.41) is 0. The minimum Gasteiger partial charge on any atom is -0.496 e. The average Bonchev–Trinajstić information content (AvgIpc) is 2.46. The highest BCUT2D eigenvalue weighted by atomic mass is 32.2. The van der Waals surface area contributed by atoms with E-state index in [-0.39, 0.29) is 0 Å². The number of benzene rings is 1. The van der Waals surface area contributed by atoms with Crippen molar-refractivity contribution in [3.8, 4) is 22.6 Å². The molecular formula is C14H16N2O3S. The van der Waals surface area contributed by atoms with Crippen LogP contribution >= 0.6 is 0 Å². The first-order chi connectivity index (χ1) is 9.65. The molecule has 1 aromatic carbocycles. The SMILES string of the molecule is COc1cc(NS(C)=O)ccc1-c1cnccc1OC. The topological polar surface area (TPSA) is 60.5 Å². The molecule has 0 saturated carbocycles. The molecule has 0 aliphatic carbocycles. The van der Waals surface area contributed by atoms with Gasteiger partial charge in [-0.25, -0.2) is 4.21 Å². The molecule has 0 spiro atoms. The van der Waals surface area contributed by atoms with E-state index in [0.29, 0.717) is 5.75 Å². The maximum Gasteiger partial charge on any atom is 0.129 e. The highest BCUT2D eigenvalue weighted by molar-refractivity contribution is 7.85. The number of aromatic nitrogens is 1. The fraction of sp³-hybridized carbons (Fsp3) is 0.214. The zero-order chi connectivity index (χ0) is 14.5. The Bertz CT molecular complexity index is 632.